The number of nitrogens with zero attached hydrogens (tertiary/aromatic N) is 1. The van der Waals surface area contributed by atoms with Crippen LogP contribution in [-0.4, -0.2) is 29.5 Å². The molecule has 0 heterocycles. The average Bonchev–Trinajstić information content (AvgIpc) is 2.60. The lowest BCUT2D eigenvalue weighted by Gasteiger charge is -2.35. The summed E-state index contributed by atoms with van der Waals surface area (Å²) >= 11 is 6.06. The second kappa shape index (κ2) is 8.01. The first kappa shape index (κ1) is 20.8. The topological polar surface area (TPSA) is 58.6 Å². The third kappa shape index (κ3) is 4.61. The minimum Gasteiger partial charge on any atom is -0.496 e. The van der Waals surface area contributed by atoms with Crippen molar-refractivity contribution in [2.24, 2.45) is 0 Å². The van der Waals surface area contributed by atoms with E-state index in [1.165, 1.54) is 5.01 Å². The van der Waals surface area contributed by atoms with Gasteiger partial charge in [-0.25, -0.2) is 5.01 Å². The largest absolute Gasteiger partial charge is 0.496 e. The molecule has 0 radical (unpaired) electrons. The number of benzene rings is 2. The molecule has 5 nitrogen and oxygen atoms in total. The van der Waals surface area contributed by atoms with Gasteiger partial charge in [0.25, 0.3) is 11.8 Å². The Morgan fingerprint density at radius 2 is 1.78 bits per heavy atom. The average molecular weight is 389 g/mol. The summed E-state index contributed by atoms with van der Waals surface area (Å²) < 4.78 is 5.28. The molecule has 27 heavy (non-hydrogen) atoms. The Balaban J connectivity index is 2.36. The number of halogens is 1. The van der Waals surface area contributed by atoms with Crippen molar-refractivity contribution in [3.05, 3.63) is 63.7 Å². The highest BCUT2D eigenvalue weighted by Crippen LogP contribution is 2.23. The van der Waals surface area contributed by atoms with Crippen molar-refractivity contribution in [1.29, 1.82) is 0 Å². The minimum absolute atomic E-state index is 0.309. The highest BCUT2D eigenvalue weighted by molar-refractivity contribution is 6.31. The number of hydrazine groups is 1. The zero-order chi connectivity index (χ0) is 20.4. The van der Waals surface area contributed by atoms with Gasteiger partial charge in [-0.3, -0.25) is 15.0 Å². The Bertz CT molecular complexity index is 872. The summed E-state index contributed by atoms with van der Waals surface area (Å²) in [6, 6.07) is 10.3. The molecule has 0 unspecified atom stereocenters. The van der Waals surface area contributed by atoms with Crippen LogP contribution >= 0.6 is 11.6 Å². The van der Waals surface area contributed by atoms with Crippen molar-refractivity contribution >= 4 is 23.4 Å². The lowest BCUT2D eigenvalue weighted by Crippen LogP contribution is -2.56. The van der Waals surface area contributed by atoms with Crippen LogP contribution in [0.3, 0.4) is 0 Å². The Kier molecular flexibility index (Phi) is 6.16. The van der Waals surface area contributed by atoms with Crippen LogP contribution in [0.4, 0.5) is 0 Å². The fourth-order valence-corrected chi connectivity index (χ4v) is 2.79. The van der Waals surface area contributed by atoms with Crippen LogP contribution in [0.2, 0.25) is 5.02 Å². The van der Waals surface area contributed by atoms with E-state index in [9.17, 15) is 9.59 Å². The number of methoxy groups -OCH3 is 1. The predicted molar refractivity (Wildman–Crippen MR) is 107 cm³/mol. The number of carbonyl (C=O) groups is 2. The Hall–Kier alpha value is -2.53. The van der Waals surface area contributed by atoms with Crippen LogP contribution in [0.5, 0.6) is 5.75 Å². The molecule has 2 amide bonds. The van der Waals surface area contributed by atoms with Crippen LogP contribution < -0.4 is 10.2 Å². The van der Waals surface area contributed by atoms with Crippen molar-refractivity contribution in [2.45, 2.75) is 40.2 Å². The highest BCUT2D eigenvalue weighted by atomic mass is 35.5. The maximum Gasteiger partial charge on any atom is 0.272 e. The van der Waals surface area contributed by atoms with Crippen molar-refractivity contribution in [3.8, 4) is 5.75 Å². The van der Waals surface area contributed by atoms with Crippen LogP contribution in [0.25, 0.3) is 0 Å². The zero-order valence-corrected chi connectivity index (χ0v) is 17.3. The fraction of sp³-hybridized carbons (Fsp3) is 0.333. The van der Waals surface area contributed by atoms with Crippen molar-refractivity contribution in [2.75, 3.05) is 7.11 Å². The van der Waals surface area contributed by atoms with Crippen molar-refractivity contribution < 1.29 is 14.3 Å². The molecule has 0 atom stereocenters. The smallest absolute Gasteiger partial charge is 0.272 e. The van der Waals surface area contributed by atoms with Crippen molar-refractivity contribution in [3.63, 3.8) is 0 Å². The van der Waals surface area contributed by atoms with E-state index < -0.39 is 5.54 Å². The molecule has 1 N–H and O–H groups in total. The van der Waals surface area contributed by atoms with E-state index in [0.717, 1.165) is 5.56 Å². The van der Waals surface area contributed by atoms with E-state index in [1.807, 2.05) is 27.7 Å². The van der Waals surface area contributed by atoms with Gasteiger partial charge in [0, 0.05) is 21.7 Å². The molecule has 0 saturated heterocycles. The summed E-state index contributed by atoms with van der Waals surface area (Å²) in [6.45, 7) is 9.20. The monoisotopic (exact) mass is 388 g/mol. The maximum atomic E-state index is 13.1. The van der Waals surface area contributed by atoms with E-state index in [4.69, 9.17) is 16.3 Å². The SMILES string of the molecule is COc1cccc(C(=O)NN(C(=O)c2ccc(Cl)c(C)c2)C(C)(C)C)c1C. The second-order valence-electron chi connectivity index (χ2n) is 7.35. The van der Waals surface area contributed by atoms with Crippen LogP contribution in [0.15, 0.2) is 36.4 Å². The molecule has 0 saturated carbocycles. The standard InChI is InChI=1S/C21H25ClN2O3/c1-13-12-15(10-11-17(13)22)20(26)24(21(3,4)5)23-19(25)16-8-7-9-18(27-6)14(16)2/h7-12H,1-6H3,(H,23,25). The molecule has 0 fully saturated rings. The third-order valence-electron chi connectivity index (χ3n) is 4.24. The number of hydrogen-bond donors (Lipinski definition) is 1. The number of hydrogen-bond acceptors (Lipinski definition) is 3. The summed E-state index contributed by atoms with van der Waals surface area (Å²) in [5.41, 5.74) is 4.53. The summed E-state index contributed by atoms with van der Waals surface area (Å²) in [4.78, 5) is 25.9. The second-order valence-corrected chi connectivity index (χ2v) is 7.76. The summed E-state index contributed by atoms with van der Waals surface area (Å²) in [7, 11) is 1.55. The van der Waals surface area contributed by atoms with Gasteiger partial charge in [-0.2, -0.15) is 0 Å². The maximum absolute atomic E-state index is 13.1. The van der Waals surface area contributed by atoms with E-state index in [2.05, 4.69) is 5.43 Å². The quantitative estimate of drug-likeness (QED) is 0.784. The number of rotatable bonds is 3. The van der Waals surface area contributed by atoms with Gasteiger partial charge in [0.2, 0.25) is 0 Å². The van der Waals surface area contributed by atoms with Crippen molar-refractivity contribution in [1.82, 2.24) is 10.4 Å². The van der Waals surface area contributed by atoms with E-state index in [0.29, 0.717) is 27.5 Å². The van der Waals surface area contributed by atoms with Gasteiger partial charge in [0.05, 0.1) is 12.6 Å². The van der Waals surface area contributed by atoms with Crippen LogP contribution in [0.1, 0.15) is 52.6 Å². The first-order valence-electron chi connectivity index (χ1n) is 8.61. The molecule has 0 aliphatic carbocycles. The van der Waals surface area contributed by atoms with Gasteiger partial charge in [-0.1, -0.05) is 17.7 Å². The molecular weight excluding hydrogens is 364 g/mol. The third-order valence-corrected chi connectivity index (χ3v) is 4.66. The molecule has 2 rings (SSSR count). The summed E-state index contributed by atoms with van der Waals surface area (Å²) in [5, 5.41) is 1.93. The zero-order valence-electron chi connectivity index (χ0n) is 16.5. The molecule has 0 aromatic heterocycles. The van der Waals surface area contributed by atoms with E-state index >= 15 is 0 Å². The van der Waals surface area contributed by atoms with Crippen LogP contribution in [0, 0.1) is 13.8 Å². The van der Waals surface area contributed by atoms with Gasteiger partial charge < -0.3 is 4.74 Å². The first-order valence-corrected chi connectivity index (χ1v) is 8.99. The van der Waals surface area contributed by atoms with Crippen LogP contribution in [-0.2, 0) is 0 Å². The van der Waals surface area contributed by atoms with Gasteiger partial charge in [0.1, 0.15) is 5.75 Å². The molecule has 2 aromatic rings. The van der Waals surface area contributed by atoms with Gasteiger partial charge in [0.15, 0.2) is 0 Å². The molecular formula is C21H25ClN2O3. The number of carbonyl (C=O) groups excluding carboxylic acids is 2. The van der Waals surface area contributed by atoms with E-state index in [-0.39, 0.29) is 11.8 Å². The lowest BCUT2D eigenvalue weighted by atomic mass is 10.0. The number of ether oxygens (including phenoxy) is 1. The predicted octanol–water partition coefficient (Wildman–Crippen LogP) is 4.55. The Morgan fingerprint density at radius 1 is 1.11 bits per heavy atom. The number of aryl methyl sites for hydroxylation is 1. The highest BCUT2D eigenvalue weighted by Gasteiger charge is 2.30. The summed E-state index contributed by atoms with van der Waals surface area (Å²) in [5.74, 6) is -0.0684. The van der Waals surface area contributed by atoms with Gasteiger partial charge in [-0.05, 0) is 70.5 Å². The molecule has 144 valence electrons. The Labute approximate surface area is 165 Å². The molecule has 0 bridgehead atoms. The lowest BCUT2D eigenvalue weighted by molar-refractivity contribution is 0.0358. The summed E-state index contributed by atoms with van der Waals surface area (Å²) in [6.07, 6.45) is 0. The Morgan fingerprint density at radius 3 is 2.33 bits per heavy atom. The van der Waals surface area contributed by atoms with Gasteiger partial charge >= 0.3 is 0 Å². The molecule has 0 aliphatic heterocycles. The normalized spacial score (nSPS) is 11.1. The van der Waals surface area contributed by atoms with E-state index in [1.54, 1.807) is 50.4 Å². The molecule has 0 spiro atoms. The number of nitrogens with one attached hydrogen (secondary N) is 1. The molecule has 0 aliphatic rings. The first-order chi connectivity index (χ1) is 12.6. The molecule has 6 heteroatoms. The molecule has 2 aromatic carbocycles. The van der Waals surface area contributed by atoms with Gasteiger partial charge in [-0.15, -0.1) is 0 Å². The fourth-order valence-electron chi connectivity index (χ4n) is 2.67. The number of amides is 2. The minimum atomic E-state index is -0.632.